The van der Waals surface area contributed by atoms with Crippen molar-refractivity contribution in [2.45, 2.75) is 6.54 Å². The molecule has 0 atom stereocenters. The first kappa shape index (κ1) is 16.9. The number of nitrogen functional groups attached to an aromatic ring is 1. The second-order valence-electron chi connectivity index (χ2n) is 5.27. The predicted molar refractivity (Wildman–Crippen MR) is 85.0 cm³/mol. The number of anilines is 1. The summed E-state index contributed by atoms with van der Waals surface area (Å²) in [6, 6.07) is 11.0. The minimum Gasteiger partial charge on any atom is -0.455 e. The van der Waals surface area contributed by atoms with E-state index in [1.807, 2.05) is 31.1 Å². The lowest BCUT2D eigenvalue weighted by molar-refractivity contribution is 0.389. The van der Waals surface area contributed by atoms with Gasteiger partial charge in [0.2, 0.25) is 0 Å². The third kappa shape index (κ3) is 4.26. The summed E-state index contributed by atoms with van der Waals surface area (Å²) in [4.78, 5) is 1.96. The number of benzene rings is 2. The Morgan fingerprint density at radius 1 is 1.04 bits per heavy atom. The lowest BCUT2D eigenvalue weighted by atomic mass is 10.1. The maximum absolute atomic E-state index is 13.4. The highest BCUT2D eigenvalue weighted by Crippen LogP contribution is 2.34. The molecular weight excluding hydrogens is 305 g/mol. The van der Waals surface area contributed by atoms with Gasteiger partial charge in [-0.3, -0.25) is 0 Å². The normalized spacial score (nSPS) is 10.7. The number of ether oxygens (including phenoxy) is 1. The van der Waals surface area contributed by atoms with Gasteiger partial charge in [0.15, 0.2) is 11.6 Å². The maximum atomic E-state index is 13.4. The van der Waals surface area contributed by atoms with Crippen LogP contribution in [0.4, 0.5) is 18.9 Å². The number of para-hydroxylation sites is 1. The number of halogens is 3. The molecule has 0 radical (unpaired) electrons. The van der Waals surface area contributed by atoms with E-state index >= 15 is 0 Å². The fourth-order valence-corrected chi connectivity index (χ4v) is 2.06. The first-order chi connectivity index (χ1) is 10.9. The average Bonchev–Trinajstić information content (AvgIpc) is 2.50. The molecule has 0 bridgehead atoms. The van der Waals surface area contributed by atoms with Crippen molar-refractivity contribution in [1.29, 1.82) is 0 Å². The van der Waals surface area contributed by atoms with Crippen LogP contribution >= 0.6 is 0 Å². The van der Waals surface area contributed by atoms with Crippen molar-refractivity contribution in [3.63, 3.8) is 0 Å². The summed E-state index contributed by atoms with van der Waals surface area (Å²) in [6.07, 6.45) is -2.38. The summed E-state index contributed by atoms with van der Waals surface area (Å²) < 4.78 is 43.9. The second-order valence-corrected chi connectivity index (χ2v) is 5.27. The van der Waals surface area contributed by atoms with E-state index in [-0.39, 0.29) is 17.0 Å². The quantitative estimate of drug-likeness (QED) is 0.814. The molecule has 0 amide bonds. The Hall–Kier alpha value is -2.47. The summed E-state index contributed by atoms with van der Waals surface area (Å²) in [5, 5.41) is 0. The van der Waals surface area contributed by atoms with Gasteiger partial charge in [-0.25, -0.2) is 4.39 Å². The molecule has 0 saturated heterocycles. The number of hydrogen-bond donors (Lipinski definition) is 1. The first-order valence-electron chi connectivity index (χ1n) is 6.89. The number of hydrogen-bond acceptors (Lipinski definition) is 3. The van der Waals surface area contributed by atoms with Gasteiger partial charge in [-0.2, -0.15) is 8.78 Å². The summed E-state index contributed by atoms with van der Waals surface area (Å²) in [6.45, 7) is 0.628. The molecule has 0 aliphatic rings. The van der Waals surface area contributed by atoms with Gasteiger partial charge in [-0.1, -0.05) is 18.2 Å². The molecule has 0 aromatic heterocycles. The van der Waals surface area contributed by atoms with Gasteiger partial charge >= 0.3 is 6.08 Å². The van der Waals surface area contributed by atoms with Crippen LogP contribution in [0, 0.1) is 0 Å². The van der Waals surface area contributed by atoms with E-state index in [0.29, 0.717) is 12.3 Å². The van der Waals surface area contributed by atoms with Gasteiger partial charge in [-0.15, -0.1) is 0 Å². The van der Waals surface area contributed by atoms with E-state index in [4.69, 9.17) is 10.5 Å². The Kier molecular flexibility index (Phi) is 5.28. The molecule has 122 valence electrons. The van der Waals surface area contributed by atoms with Crippen LogP contribution in [0.1, 0.15) is 11.1 Å². The van der Waals surface area contributed by atoms with Gasteiger partial charge < -0.3 is 15.4 Å². The molecule has 0 spiro atoms. The molecule has 0 saturated carbocycles. The smallest absolute Gasteiger partial charge is 0.306 e. The standard InChI is InChI=1S/C17H17F3N2O/c1-22(2)10-12-5-3-4-6-14(12)23-15-9-11(7-8-13(15)21)16(18)17(19)20/h3-9H,10,21H2,1-2H3. The van der Waals surface area contributed by atoms with Gasteiger partial charge in [0, 0.05) is 17.7 Å². The molecule has 0 unspecified atom stereocenters. The van der Waals surface area contributed by atoms with Crippen LogP contribution in [0.5, 0.6) is 11.5 Å². The summed E-state index contributed by atoms with van der Waals surface area (Å²) in [5.74, 6) is -0.920. The van der Waals surface area contributed by atoms with E-state index in [1.165, 1.54) is 12.1 Å². The van der Waals surface area contributed by atoms with Crippen molar-refractivity contribution in [3.05, 3.63) is 59.7 Å². The van der Waals surface area contributed by atoms with Crippen LogP contribution in [0.2, 0.25) is 0 Å². The van der Waals surface area contributed by atoms with Crippen LogP contribution in [-0.4, -0.2) is 19.0 Å². The van der Waals surface area contributed by atoms with Gasteiger partial charge in [0.05, 0.1) is 5.69 Å². The first-order valence-corrected chi connectivity index (χ1v) is 6.89. The fraction of sp³-hybridized carbons (Fsp3) is 0.176. The highest BCUT2D eigenvalue weighted by atomic mass is 19.3. The van der Waals surface area contributed by atoms with Gasteiger partial charge in [0.1, 0.15) is 5.75 Å². The topological polar surface area (TPSA) is 38.5 Å². The van der Waals surface area contributed by atoms with Crippen molar-refractivity contribution < 1.29 is 17.9 Å². The highest BCUT2D eigenvalue weighted by molar-refractivity contribution is 5.66. The molecule has 0 aliphatic heterocycles. The van der Waals surface area contributed by atoms with E-state index in [0.717, 1.165) is 11.6 Å². The molecular formula is C17H17F3N2O. The van der Waals surface area contributed by atoms with E-state index in [2.05, 4.69) is 0 Å². The Balaban J connectivity index is 2.37. The van der Waals surface area contributed by atoms with E-state index in [9.17, 15) is 13.2 Å². The van der Waals surface area contributed by atoms with Gasteiger partial charge in [-0.05, 0) is 38.4 Å². The molecule has 23 heavy (non-hydrogen) atoms. The number of rotatable bonds is 5. The molecule has 0 fully saturated rings. The summed E-state index contributed by atoms with van der Waals surface area (Å²) in [5.41, 5.74) is 6.66. The minimum atomic E-state index is -2.38. The van der Waals surface area contributed by atoms with Crippen LogP contribution < -0.4 is 10.5 Å². The number of nitrogens with two attached hydrogens (primary N) is 1. The van der Waals surface area contributed by atoms with Crippen LogP contribution in [-0.2, 0) is 6.54 Å². The lowest BCUT2D eigenvalue weighted by Gasteiger charge is -2.16. The molecule has 3 nitrogen and oxygen atoms in total. The van der Waals surface area contributed by atoms with E-state index < -0.39 is 11.9 Å². The molecule has 6 heteroatoms. The molecule has 2 aromatic carbocycles. The Morgan fingerprint density at radius 2 is 1.74 bits per heavy atom. The van der Waals surface area contributed by atoms with Crippen LogP contribution in [0.3, 0.4) is 0 Å². The minimum absolute atomic E-state index is 0.130. The fourth-order valence-electron chi connectivity index (χ4n) is 2.06. The maximum Gasteiger partial charge on any atom is 0.306 e. The van der Waals surface area contributed by atoms with Crippen LogP contribution in [0.15, 0.2) is 48.5 Å². The van der Waals surface area contributed by atoms with Crippen molar-refractivity contribution in [3.8, 4) is 11.5 Å². The summed E-state index contributed by atoms with van der Waals surface area (Å²) >= 11 is 0. The van der Waals surface area contributed by atoms with Crippen molar-refractivity contribution >= 4 is 11.5 Å². The molecule has 2 aromatic rings. The van der Waals surface area contributed by atoms with E-state index in [1.54, 1.807) is 12.1 Å². The molecule has 2 rings (SSSR count). The van der Waals surface area contributed by atoms with Crippen molar-refractivity contribution in [2.75, 3.05) is 19.8 Å². The predicted octanol–water partition coefficient (Wildman–Crippen LogP) is 4.66. The second kappa shape index (κ2) is 7.19. The zero-order valence-electron chi connectivity index (χ0n) is 12.8. The third-order valence-corrected chi connectivity index (χ3v) is 3.11. The molecule has 2 N–H and O–H groups in total. The SMILES string of the molecule is CN(C)Cc1ccccc1Oc1cc(C(F)=C(F)F)ccc1N. The molecule has 0 heterocycles. The average molecular weight is 322 g/mol. The Bertz CT molecular complexity index is 726. The number of nitrogens with zero attached hydrogens (tertiary/aromatic N) is 1. The van der Waals surface area contributed by atoms with Crippen molar-refractivity contribution in [2.24, 2.45) is 0 Å². The Morgan fingerprint density at radius 3 is 2.39 bits per heavy atom. The monoisotopic (exact) mass is 322 g/mol. The third-order valence-electron chi connectivity index (χ3n) is 3.11. The highest BCUT2D eigenvalue weighted by Gasteiger charge is 2.13. The zero-order valence-corrected chi connectivity index (χ0v) is 12.8. The van der Waals surface area contributed by atoms with Crippen LogP contribution in [0.25, 0.3) is 5.83 Å². The Labute approximate surface area is 132 Å². The zero-order chi connectivity index (χ0) is 17.0. The molecule has 0 aliphatic carbocycles. The van der Waals surface area contributed by atoms with Crippen molar-refractivity contribution in [1.82, 2.24) is 4.90 Å². The lowest BCUT2D eigenvalue weighted by Crippen LogP contribution is -2.11. The van der Waals surface area contributed by atoms with Gasteiger partial charge in [0.25, 0.3) is 0 Å². The largest absolute Gasteiger partial charge is 0.455 e. The summed E-state index contributed by atoms with van der Waals surface area (Å²) in [7, 11) is 3.83.